The summed E-state index contributed by atoms with van der Waals surface area (Å²) in [5.41, 5.74) is 0.360. The van der Waals surface area contributed by atoms with Gasteiger partial charge in [0.1, 0.15) is 0 Å². The van der Waals surface area contributed by atoms with Gasteiger partial charge in [-0.1, -0.05) is 30.9 Å². The maximum Gasteiger partial charge on any atom is 0.243 e. The maximum absolute atomic E-state index is 12.8. The Morgan fingerprint density at radius 3 is 2.30 bits per heavy atom. The number of benzene rings is 1. The third-order valence-corrected chi connectivity index (χ3v) is 9.50. The molecule has 0 aromatic heterocycles. The second kappa shape index (κ2) is 11.5. The minimum absolute atomic E-state index is 0.141. The second-order valence-corrected chi connectivity index (χ2v) is 12.0. The molecule has 1 N–H and O–H groups in total. The van der Waals surface area contributed by atoms with Crippen molar-refractivity contribution in [3.05, 3.63) is 23.2 Å². The van der Waals surface area contributed by atoms with Crippen LogP contribution in [0.5, 0.6) is 0 Å². The van der Waals surface area contributed by atoms with Gasteiger partial charge in [0.25, 0.3) is 0 Å². The summed E-state index contributed by atoms with van der Waals surface area (Å²) in [6.07, 6.45) is 9.05. The monoisotopic (exact) mass is 496 g/mol. The van der Waals surface area contributed by atoms with Gasteiger partial charge in [-0.3, -0.25) is 4.79 Å². The van der Waals surface area contributed by atoms with E-state index in [1.807, 2.05) is 0 Å². The lowest BCUT2D eigenvalue weighted by Crippen LogP contribution is -2.48. The zero-order valence-electron chi connectivity index (χ0n) is 19.5. The number of nitrogens with zero attached hydrogens (tertiary/aromatic N) is 3. The molecule has 3 fully saturated rings. The van der Waals surface area contributed by atoms with E-state index in [9.17, 15) is 13.2 Å². The van der Waals surface area contributed by atoms with E-state index in [1.54, 1.807) is 6.07 Å². The Kier molecular flexibility index (Phi) is 8.68. The van der Waals surface area contributed by atoms with Gasteiger partial charge in [0.05, 0.1) is 15.6 Å². The first-order valence-corrected chi connectivity index (χ1v) is 14.3. The maximum atomic E-state index is 12.8. The fourth-order valence-corrected chi connectivity index (χ4v) is 6.95. The number of nitrogens with one attached hydrogen (secondary N) is 1. The first-order chi connectivity index (χ1) is 15.9. The number of anilines is 1. The zero-order valence-corrected chi connectivity index (χ0v) is 21.0. The van der Waals surface area contributed by atoms with Crippen molar-refractivity contribution in [1.82, 2.24) is 14.1 Å². The van der Waals surface area contributed by atoms with Crippen LogP contribution >= 0.6 is 11.6 Å². The average molecular weight is 497 g/mol. The molecule has 0 atom stereocenters. The number of hydrogen-bond donors (Lipinski definition) is 1. The molecule has 1 aromatic carbocycles. The third kappa shape index (κ3) is 6.69. The van der Waals surface area contributed by atoms with Gasteiger partial charge in [-0.25, -0.2) is 8.42 Å². The zero-order chi connectivity index (χ0) is 23.3. The topological polar surface area (TPSA) is 73.0 Å². The van der Waals surface area contributed by atoms with Crippen molar-refractivity contribution in [2.24, 2.45) is 5.92 Å². The summed E-state index contributed by atoms with van der Waals surface area (Å²) in [5.74, 6) is 0.725. The normalized spacial score (nSPS) is 22.0. The fraction of sp³-hybridized carbons (Fsp3) is 0.708. The molecule has 1 aliphatic carbocycles. The number of piperazine rings is 1. The number of carbonyl (C=O) groups is 1. The van der Waals surface area contributed by atoms with Crippen molar-refractivity contribution in [3.63, 3.8) is 0 Å². The third-order valence-electron chi connectivity index (χ3n) is 7.28. The quantitative estimate of drug-likeness (QED) is 0.594. The van der Waals surface area contributed by atoms with Crippen molar-refractivity contribution in [2.75, 3.05) is 57.7 Å². The van der Waals surface area contributed by atoms with Crippen LogP contribution in [0.25, 0.3) is 0 Å². The summed E-state index contributed by atoms with van der Waals surface area (Å²) < 4.78 is 27.2. The van der Waals surface area contributed by atoms with Gasteiger partial charge in [0.2, 0.25) is 15.9 Å². The van der Waals surface area contributed by atoms with Crippen molar-refractivity contribution in [1.29, 1.82) is 0 Å². The molecule has 2 aliphatic heterocycles. The van der Waals surface area contributed by atoms with Crippen LogP contribution in [0.2, 0.25) is 5.02 Å². The molecule has 4 rings (SSSR count). The Labute approximate surface area is 203 Å². The van der Waals surface area contributed by atoms with Crippen molar-refractivity contribution >= 4 is 33.2 Å². The molecule has 2 heterocycles. The summed E-state index contributed by atoms with van der Waals surface area (Å²) >= 11 is 6.26. The highest BCUT2D eigenvalue weighted by molar-refractivity contribution is 7.89. The van der Waals surface area contributed by atoms with Crippen LogP contribution in [0.15, 0.2) is 23.1 Å². The molecule has 33 heavy (non-hydrogen) atoms. The van der Waals surface area contributed by atoms with Crippen molar-refractivity contribution in [3.8, 4) is 0 Å². The highest BCUT2D eigenvalue weighted by Crippen LogP contribution is 2.29. The Morgan fingerprint density at radius 1 is 0.939 bits per heavy atom. The molecule has 1 aromatic rings. The summed E-state index contributed by atoms with van der Waals surface area (Å²) in [6, 6.07) is 4.54. The molecule has 2 saturated heterocycles. The molecule has 1 saturated carbocycles. The average Bonchev–Trinajstić information content (AvgIpc) is 3.37. The van der Waals surface area contributed by atoms with Gasteiger partial charge in [-0.05, 0) is 49.8 Å². The Morgan fingerprint density at radius 2 is 1.61 bits per heavy atom. The van der Waals surface area contributed by atoms with Crippen molar-refractivity contribution in [2.45, 2.75) is 56.3 Å². The second-order valence-electron chi connectivity index (χ2n) is 9.70. The number of rotatable bonds is 8. The Balaban J connectivity index is 1.24. The van der Waals surface area contributed by atoms with Crippen LogP contribution in [0.3, 0.4) is 0 Å². The standard InChI is InChI=1S/C24H37ClN4O3S/c25-22-9-8-21(33(31,32)29-11-4-5-12-29)18-23(22)26-24(30)10-13-27-14-16-28(17-15-27)19-20-6-2-1-3-7-20/h8-9,18,20H,1-7,10-17,19H2,(H,26,30). The van der Waals surface area contributed by atoms with Crippen LogP contribution < -0.4 is 5.32 Å². The summed E-state index contributed by atoms with van der Waals surface area (Å²) in [6.45, 7) is 7.13. The number of halogens is 1. The van der Waals surface area contributed by atoms with Crippen LogP contribution in [0, 0.1) is 5.92 Å². The number of amides is 1. The summed E-state index contributed by atoms with van der Waals surface area (Å²) in [4.78, 5) is 17.7. The van der Waals surface area contributed by atoms with E-state index in [-0.39, 0.29) is 10.8 Å². The summed E-state index contributed by atoms with van der Waals surface area (Å²) in [5, 5.41) is 3.17. The summed E-state index contributed by atoms with van der Waals surface area (Å²) in [7, 11) is -3.55. The highest BCUT2D eigenvalue weighted by atomic mass is 35.5. The Hall–Kier alpha value is -1.19. The number of carbonyl (C=O) groups excluding carboxylic acids is 1. The van der Waals surface area contributed by atoms with E-state index in [1.165, 1.54) is 55.1 Å². The minimum Gasteiger partial charge on any atom is -0.325 e. The highest BCUT2D eigenvalue weighted by Gasteiger charge is 2.28. The molecule has 0 radical (unpaired) electrons. The minimum atomic E-state index is -3.55. The van der Waals surface area contributed by atoms with E-state index in [0.29, 0.717) is 36.8 Å². The van der Waals surface area contributed by atoms with Gasteiger partial charge in [-0.15, -0.1) is 0 Å². The predicted molar refractivity (Wildman–Crippen MR) is 132 cm³/mol. The largest absolute Gasteiger partial charge is 0.325 e. The van der Waals surface area contributed by atoms with Gasteiger partial charge in [0, 0.05) is 58.8 Å². The fourth-order valence-electron chi connectivity index (χ4n) is 5.24. The molecule has 0 spiro atoms. The lowest BCUT2D eigenvalue weighted by atomic mass is 9.89. The first-order valence-electron chi connectivity index (χ1n) is 12.5. The molecular weight excluding hydrogens is 460 g/mol. The van der Waals surface area contributed by atoms with Crippen LogP contribution in [-0.4, -0.2) is 80.8 Å². The van der Waals surface area contributed by atoms with Crippen LogP contribution in [0.1, 0.15) is 51.4 Å². The molecular formula is C24H37ClN4O3S. The van der Waals surface area contributed by atoms with Gasteiger partial charge >= 0.3 is 0 Å². The molecule has 9 heteroatoms. The van der Waals surface area contributed by atoms with Crippen LogP contribution in [-0.2, 0) is 14.8 Å². The van der Waals surface area contributed by atoms with Gasteiger partial charge in [0.15, 0.2) is 0 Å². The van der Waals surface area contributed by atoms with E-state index >= 15 is 0 Å². The lowest BCUT2D eigenvalue weighted by Gasteiger charge is -2.37. The molecule has 3 aliphatic rings. The molecule has 184 valence electrons. The van der Waals surface area contributed by atoms with E-state index in [2.05, 4.69) is 15.1 Å². The van der Waals surface area contributed by atoms with E-state index in [0.717, 1.165) is 44.9 Å². The molecule has 0 bridgehead atoms. The van der Waals surface area contributed by atoms with E-state index in [4.69, 9.17) is 11.6 Å². The molecule has 7 nitrogen and oxygen atoms in total. The Bertz CT molecular complexity index is 906. The van der Waals surface area contributed by atoms with E-state index < -0.39 is 10.0 Å². The number of sulfonamides is 1. The smallest absolute Gasteiger partial charge is 0.243 e. The molecule has 1 amide bonds. The predicted octanol–water partition coefficient (Wildman–Crippen LogP) is 3.65. The first kappa shape index (κ1) is 24.9. The van der Waals surface area contributed by atoms with Crippen LogP contribution in [0.4, 0.5) is 5.69 Å². The number of hydrogen-bond acceptors (Lipinski definition) is 5. The molecule has 0 unspecified atom stereocenters. The van der Waals surface area contributed by atoms with Gasteiger partial charge in [-0.2, -0.15) is 4.31 Å². The van der Waals surface area contributed by atoms with Gasteiger partial charge < -0.3 is 15.1 Å². The van der Waals surface area contributed by atoms with Crippen molar-refractivity contribution < 1.29 is 13.2 Å². The lowest BCUT2D eigenvalue weighted by molar-refractivity contribution is -0.116. The SMILES string of the molecule is O=C(CCN1CCN(CC2CCCCC2)CC1)Nc1cc(S(=O)(=O)N2CCCC2)ccc1Cl.